The van der Waals surface area contributed by atoms with Gasteiger partial charge in [0.2, 0.25) is 5.89 Å². The lowest BCUT2D eigenvalue weighted by atomic mass is 9.92. The van der Waals surface area contributed by atoms with Crippen molar-refractivity contribution in [3.8, 4) is 11.6 Å². The average molecular weight is 644 g/mol. The van der Waals surface area contributed by atoms with Crippen molar-refractivity contribution >= 4 is 29.2 Å². The molecule has 0 unspecified atom stereocenters. The summed E-state index contributed by atoms with van der Waals surface area (Å²) in [5, 5.41) is 14.6. The Kier molecular flexibility index (Phi) is 9.29. The molecule has 2 amide bonds. The first-order chi connectivity index (χ1) is 21.7. The smallest absolute Gasteiger partial charge is 0.408 e. The Bertz CT molecular complexity index is 1730. The molecule has 0 bridgehead atoms. The van der Waals surface area contributed by atoms with Crippen LogP contribution in [-0.4, -0.2) is 56.3 Å². The van der Waals surface area contributed by atoms with Crippen LogP contribution >= 0.6 is 11.3 Å². The number of ether oxygens (including phenoxy) is 1. The van der Waals surface area contributed by atoms with Crippen molar-refractivity contribution in [2.45, 2.75) is 78.0 Å². The number of nitrogens with one attached hydrogen (secondary N) is 1. The minimum absolute atomic E-state index is 0.0854. The number of hydrogen-bond acceptors (Lipinski definition) is 10. The molecule has 46 heavy (non-hydrogen) atoms. The molecule has 1 saturated heterocycles. The molecular formula is C34H41N7O4S. The van der Waals surface area contributed by atoms with Gasteiger partial charge in [-0.05, 0) is 72.1 Å². The number of anilines is 1. The lowest BCUT2D eigenvalue weighted by molar-refractivity contribution is 0.0443. The third-order valence-electron chi connectivity index (χ3n) is 7.70. The van der Waals surface area contributed by atoms with E-state index in [0.717, 1.165) is 34.8 Å². The van der Waals surface area contributed by atoms with E-state index in [2.05, 4.69) is 27.1 Å². The van der Waals surface area contributed by atoms with E-state index >= 15 is 0 Å². The zero-order valence-electron chi connectivity index (χ0n) is 27.5. The highest BCUT2D eigenvalue weighted by molar-refractivity contribution is 7.09. The first kappa shape index (κ1) is 32.8. The maximum atomic E-state index is 14.1. The number of alkyl carbamates (subject to hydrolysis) is 1. The standard InChI is InChI=1S/C34H41N7O4S/c1-21(2)40(8)27-18-24(30(42)41-16-12-15-26(41)29-35-22(3)20-46-29)17-25(36-27)28-38-39-31(44-28)34(7,19-23-13-10-9-11-14-23)37-32(43)45-33(4,5)6/h9-11,13-14,17-18,20,26H,1,12,15-16,19H2,2-8H3,(H,37,43)/t26-,34-/m1/s1. The third-order valence-corrected chi connectivity index (χ3v) is 8.77. The van der Waals surface area contributed by atoms with E-state index in [0.29, 0.717) is 30.0 Å². The van der Waals surface area contributed by atoms with Crippen LogP contribution in [0.3, 0.4) is 0 Å². The highest BCUT2D eigenvalue weighted by Crippen LogP contribution is 2.36. The molecule has 0 spiro atoms. The van der Waals surface area contributed by atoms with Gasteiger partial charge in [0.1, 0.15) is 27.7 Å². The zero-order chi connectivity index (χ0) is 33.2. The maximum Gasteiger partial charge on any atom is 0.408 e. The predicted octanol–water partition coefficient (Wildman–Crippen LogP) is 6.83. The number of nitrogens with zero attached hydrogens (tertiary/aromatic N) is 6. The molecule has 3 aromatic heterocycles. The summed E-state index contributed by atoms with van der Waals surface area (Å²) in [7, 11) is 1.83. The van der Waals surface area contributed by atoms with Crippen LogP contribution in [0.2, 0.25) is 0 Å². The van der Waals surface area contributed by atoms with Gasteiger partial charge in [-0.3, -0.25) is 4.79 Å². The normalized spacial score (nSPS) is 16.2. The number of amides is 2. The van der Waals surface area contributed by atoms with Crippen LogP contribution in [0, 0.1) is 6.92 Å². The lowest BCUT2D eigenvalue weighted by Crippen LogP contribution is -2.47. The summed E-state index contributed by atoms with van der Waals surface area (Å²) in [5.74, 6) is 0.660. The fraction of sp³-hybridized carbons (Fsp3) is 0.412. The van der Waals surface area contributed by atoms with Crippen LogP contribution < -0.4 is 10.2 Å². The van der Waals surface area contributed by atoms with Crippen LogP contribution in [0.15, 0.2) is 64.5 Å². The average Bonchev–Trinajstić information content (AvgIpc) is 3.76. The van der Waals surface area contributed by atoms with Crippen molar-refractivity contribution in [3.05, 3.63) is 87.8 Å². The molecule has 2 atom stereocenters. The highest BCUT2D eigenvalue weighted by atomic mass is 32.1. The van der Waals surface area contributed by atoms with Crippen LogP contribution in [0.25, 0.3) is 11.6 Å². The van der Waals surface area contributed by atoms with E-state index in [1.54, 1.807) is 49.1 Å². The number of carbonyl (C=O) groups is 2. The van der Waals surface area contributed by atoms with Crippen molar-refractivity contribution in [1.29, 1.82) is 0 Å². The van der Waals surface area contributed by atoms with Gasteiger partial charge in [-0.25, -0.2) is 14.8 Å². The van der Waals surface area contributed by atoms with Gasteiger partial charge in [-0.2, -0.15) is 0 Å². The molecule has 4 aromatic rings. The molecule has 242 valence electrons. The summed E-state index contributed by atoms with van der Waals surface area (Å²) < 4.78 is 11.8. The number of hydrogen-bond donors (Lipinski definition) is 1. The number of rotatable bonds is 9. The molecule has 0 saturated carbocycles. The molecular weight excluding hydrogens is 602 g/mol. The van der Waals surface area contributed by atoms with Gasteiger partial charge in [0.15, 0.2) is 0 Å². The molecule has 1 aliphatic rings. The summed E-state index contributed by atoms with van der Waals surface area (Å²) in [4.78, 5) is 40.2. The van der Waals surface area contributed by atoms with E-state index < -0.39 is 17.2 Å². The number of allylic oxidation sites excluding steroid dienone is 1. The first-order valence-corrected chi connectivity index (χ1v) is 16.1. The number of thiazole rings is 1. The molecule has 1 aliphatic heterocycles. The Labute approximate surface area is 273 Å². The molecule has 4 heterocycles. The van der Waals surface area contributed by atoms with Crippen LogP contribution in [-0.2, 0) is 16.7 Å². The minimum Gasteiger partial charge on any atom is -0.444 e. The van der Waals surface area contributed by atoms with Crippen molar-refractivity contribution in [2.75, 3.05) is 18.5 Å². The van der Waals surface area contributed by atoms with Crippen molar-refractivity contribution in [3.63, 3.8) is 0 Å². The molecule has 0 radical (unpaired) electrons. The lowest BCUT2D eigenvalue weighted by Gasteiger charge is -2.29. The van der Waals surface area contributed by atoms with E-state index in [1.807, 2.05) is 68.4 Å². The van der Waals surface area contributed by atoms with Gasteiger partial charge in [-0.1, -0.05) is 36.9 Å². The summed E-state index contributed by atoms with van der Waals surface area (Å²) in [6, 6.07) is 13.0. The van der Waals surface area contributed by atoms with E-state index in [1.165, 1.54) is 0 Å². The summed E-state index contributed by atoms with van der Waals surface area (Å²) in [6.07, 6.45) is 1.49. The second-order valence-corrected chi connectivity index (χ2v) is 13.8. The zero-order valence-corrected chi connectivity index (χ0v) is 28.3. The number of likely N-dealkylation sites (tertiary alicyclic amines) is 1. The molecule has 1 N–H and O–H groups in total. The molecule has 1 fully saturated rings. The molecule has 0 aliphatic carbocycles. The van der Waals surface area contributed by atoms with Crippen LogP contribution in [0.1, 0.15) is 86.0 Å². The van der Waals surface area contributed by atoms with Gasteiger partial charge >= 0.3 is 6.09 Å². The van der Waals surface area contributed by atoms with Gasteiger partial charge in [0, 0.05) is 42.3 Å². The third kappa shape index (κ3) is 7.44. The number of aryl methyl sites for hydroxylation is 1. The van der Waals surface area contributed by atoms with Gasteiger partial charge in [0.25, 0.3) is 11.8 Å². The number of carbonyl (C=O) groups excluding carboxylic acids is 2. The SMILES string of the molecule is C=C(C)N(C)c1cc(C(=O)N2CCC[C@@H]2c2nc(C)cs2)cc(-c2nnc([C@@](C)(Cc3ccccc3)NC(=O)OC(C)(C)C)o2)n1. The van der Waals surface area contributed by atoms with Crippen molar-refractivity contribution < 1.29 is 18.7 Å². The second-order valence-electron chi connectivity index (χ2n) is 12.9. The Morgan fingerprint density at radius 1 is 1.15 bits per heavy atom. The summed E-state index contributed by atoms with van der Waals surface area (Å²) in [5.41, 5.74) is 1.58. The Morgan fingerprint density at radius 2 is 1.89 bits per heavy atom. The predicted molar refractivity (Wildman–Crippen MR) is 177 cm³/mol. The van der Waals surface area contributed by atoms with Gasteiger partial charge < -0.3 is 24.3 Å². The number of benzene rings is 1. The van der Waals surface area contributed by atoms with Crippen molar-refractivity contribution in [1.82, 2.24) is 30.4 Å². The minimum atomic E-state index is -1.12. The fourth-order valence-corrected chi connectivity index (χ4v) is 6.27. The molecule has 5 rings (SSSR count). The summed E-state index contributed by atoms with van der Waals surface area (Å²) >= 11 is 1.58. The second kappa shape index (κ2) is 13.0. The Morgan fingerprint density at radius 3 is 2.54 bits per heavy atom. The molecule has 11 nitrogen and oxygen atoms in total. The fourth-order valence-electron chi connectivity index (χ4n) is 5.33. The van der Waals surface area contributed by atoms with Gasteiger partial charge in [-0.15, -0.1) is 21.5 Å². The highest BCUT2D eigenvalue weighted by Gasteiger charge is 2.37. The summed E-state index contributed by atoms with van der Waals surface area (Å²) in [6.45, 7) is 15.7. The van der Waals surface area contributed by atoms with Crippen molar-refractivity contribution in [2.24, 2.45) is 0 Å². The maximum absolute atomic E-state index is 14.1. The quantitative estimate of drug-likeness (QED) is 0.209. The van der Waals surface area contributed by atoms with Crippen LogP contribution in [0.5, 0.6) is 0 Å². The topological polar surface area (TPSA) is 127 Å². The van der Waals surface area contributed by atoms with Crippen LogP contribution in [0.4, 0.5) is 10.6 Å². The molecule has 1 aromatic carbocycles. The van der Waals surface area contributed by atoms with E-state index in [4.69, 9.17) is 14.1 Å². The number of aromatic nitrogens is 4. The van der Waals surface area contributed by atoms with Gasteiger partial charge in [0.05, 0.1) is 6.04 Å². The first-order valence-electron chi connectivity index (χ1n) is 15.3. The number of pyridine rings is 1. The van der Waals surface area contributed by atoms with E-state index in [-0.39, 0.29) is 23.7 Å². The Balaban J connectivity index is 1.52. The molecule has 12 heteroatoms. The Hall–Kier alpha value is -4.58. The van der Waals surface area contributed by atoms with E-state index in [9.17, 15) is 9.59 Å². The largest absolute Gasteiger partial charge is 0.444 e. The monoisotopic (exact) mass is 643 g/mol.